The van der Waals surface area contributed by atoms with E-state index in [-0.39, 0.29) is 0 Å². The fourth-order valence-electron chi connectivity index (χ4n) is 2.67. The second-order valence-electron chi connectivity index (χ2n) is 5.20. The predicted molar refractivity (Wildman–Crippen MR) is 71.5 cm³/mol. The third-order valence-electron chi connectivity index (χ3n) is 3.69. The zero-order valence-corrected chi connectivity index (χ0v) is 12.1. The van der Waals surface area contributed by atoms with Crippen molar-refractivity contribution in [2.45, 2.75) is 32.6 Å². The largest absolute Gasteiger partial charge is 0.319 e. The monoisotopic (exact) mass is 262 g/mol. The maximum Gasteiger partial charge on any atom is 0.211 e. The van der Waals surface area contributed by atoms with Crippen LogP contribution in [0.4, 0.5) is 0 Å². The molecule has 2 atom stereocenters. The van der Waals surface area contributed by atoms with Gasteiger partial charge in [-0.05, 0) is 44.7 Å². The van der Waals surface area contributed by atoms with Gasteiger partial charge in [0, 0.05) is 13.1 Å². The summed E-state index contributed by atoms with van der Waals surface area (Å²) in [7, 11) is -1.02. The molecule has 1 fully saturated rings. The molecule has 1 heterocycles. The summed E-state index contributed by atoms with van der Waals surface area (Å²) >= 11 is 0. The van der Waals surface area contributed by atoms with Crippen molar-refractivity contribution in [3.63, 3.8) is 0 Å². The summed E-state index contributed by atoms with van der Waals surface area (Å²) in [5, 5.41) is 3.22. The van der Waals surface area contributed by atoms with Gasteiger partial charge >= 0.3 is 0 Å². The van der Waals surface area contributed by atoms with E-state index in [4.69, 9.17) is 0 Å². The molecule has 0 aromatic rings. The molecule has 0 saturated carbocycles. The third kappa shape index (κ3) is 4.94. The van der Waals surface area contributed by atoms with Crippen LogP contribution >= 0.6 is 0 Å². The first kappa shape index (κ1) is 14.9. The van der Waals surface area contributed by atoms with Crippen LogP contribution in [0.25, 0.3) is 0 Å². The van der Waals surface area contributed by atoms with E-state index in [0.717, 1.165) is 32.4 Å². The Morgan fingerprint density at radius 2 is 2.18 bits per heavy atom. The maximum atomic E-state index is 11.5. The Morgan fingerprint density at radius 1 is 1.47 bits per heavy atom. The summed E-state index contributed by atoms with van der Waals surface area (Å²) in [5.74, 6) is 1.21. The van der Waals surface area contributed by atoms with Crippen molar-refractivity contribution in [3.05, 3.63) is 0 Å². The number of rotatable bonds is 6. The van der Waals surface area contributed by atoms with Crippen molar-refractivity contribution in [1.82, 2.24) is 9.62 Å². The van der Waals surface area contributed by atoms with Gasteiger partial charge in [0.2, 0.25) is 10.0 Å². The highest BCUT2D eigenvalue weighted by Crippen LogP contribution is 2.25. The van der Waals surface area contributed by atoms with Crippen LogP contribution in [0.1, 0.15) is 32.6 Å². The molecule has 4 nitrogen and oxygen atoms in total. The summed E-state index contributed by atoms with van der Waals surface area (Å²) in [6, 6.07) is 0. The van der Waals surface area contributed by atoms with E-state index in [1.807, 2.05) is 7.05 Å². The van der Waals surface area contributed by atoms with E-state index in [0.29, 0.717) is 18.4 Å². The number of hydrogen-bond acceptors (Lipinski definition) is 3. The molecule has 0 bridgehead atoms. The summed E-state index contributed by atoms with van der Waals surface area (Å²) in [5.41, 5.74) is 0. The molecule has 1 aliphatic heterocycles. The molecular weight excluding hydrogens is 236 g/mol. The fraction of sp³-hybridized carbons (Fsp3) is 1.00. The standard InChI is InChI=1S/C12H26N2O2S/c1-4-11(9-13-2)8-12-6-5-7-14(10-12)17(3,15)16/h11-13H,4-10H2,1-3H3. The Labute approximate surface area is 106 Å². The van der Waals surface area contributed by atoms with E-state index < -0.39 is 10.0 Å². The molecule has 0 aromatic carbocycles. The van der Waals surface area contributed by atoms with Crippen LogP contribution in [0.5, 0.6) is 0 Å². The minimum absolute atomic E-state index is 0.539. The highest BCUT2D eigenvalue weighted by atomic mass is 32.2. The topological polar surface area (TPSA) is 49.4 Å². The number of sulfonamides is 1. The van der Waals surface area contributed by atoms with Crippen molar-refractivity contribution < 1.29 is 8.42 Å². The average molecular weight is 262 g/mol. The highest BCUT2D eigenvalue weighted by molar-refractivity contribution is 7.88. The van der Waals surface area contributed by atoms with Crippen LogP contribution in [-0.2, 0) is 10.0 Å². The van der Waals surface area contributed by atoms with Crippen LogP contribution in [0, 0.1) is 11.8 Å². The number of nitrogens with one attached hydrogen (secondary N) is 1. The van der Waals surface area contributed by atoms with Crippen LogP contribution < -0.4 is 5.32 Å². The van der Waals surface area contributed by atoms with E-state index in [2.05, 4.69) is 12.2 Å². The van der Waals surface area contributed by atoms with Gasteiger partial charge in [-0.25, -0.2) is 12.7 Å². The average Bonchev–Trinajstić information content (AvgIpc) is 2.28. The SMILES string of the molecule is CCC(CNC)CC1CCCN(S(C)(=O)=O)C1. The molecule has 17 heavy (non-hydrogen) atoms. The second kappa shape index (κ2) is 6.71. The molecule has 0 amide bonds. The summed E-state index contributed by atoms with van der Waals surface area (Å²) in [6.45, 7) is 4.67. The molecule has 1 aliphatic rings. The first-order chi connectivity index (χ1) is 7.97. The van der Waals surface area contributed by atoms with Gasteiger partial charge < -0.3 is 5.32 Å². The maximum absolute atomic E-state index is 11.5. The van der Waals surface area contributed by atoms with Crippen LogP contribution in [-0.4, -0.2) is 45.7 Å². The first-order valence-electron chi connectivity index (χ1n) is 6.57. The molecule has 0 aliphatic carbocycles. The van der Waals surface area contributed by atoms with Gasteiger partial charge in [0.25, 0.3) is 0 Å². The van der Waals surface area contributed by atoms with Crippen molar-refractivity contribution in [2.75, 3.05) is 32.9 Å². The summed E-state index contributed by atoms with van der Waals surface area (Å²) < 4.78 is 24.7. The lowest BCUT2D eigenvalue weighted by molar-refractivity contribution is 0.227. The van der Waals surface area contributed by atoms with Gasteiger partial charge in [-0.2, -0.15) is 0 Å². The molecular formula is C12H26N2O2S. The normalized spacial score (nSPS) is 24.8. The lowest BCUT2D eigenvalue weighted by Crippen LogP contribution is -2.40. The van der Waals surface area contributed by atoms with Crippen molar-refractivity contribution in [1.29, 1.82) is 0 Å². The van der Waals surface area contributed by atoms with Crippen molar-refractivity contribution in [3.8, 4) is 0 Å². The molecule has 1 rings (SSSR count). The van der Waals surface area contributed by atoms with E-state index in [9.17, 15) is 8.42 Å². The van der Waals surface area contributed by atoms with Gasteiger partial charge in [0.05, 0.1) is 6.26 Å². The van der Waals surface area contributed by atoms with Crippen molar-refractivity contribution >= 4 is 10.0 Å². The Balaban J connectivity index is 2.49. The van der Waals surface area contributed by atoms with E-state index >= 15 is 0 Å². The van der Waals surface area contributed by atoms with Gasteiger partial charge in [-0.3, -0.25) is 0 Å². The summed E-state index contributed by atoms with van der Waals surface area (Å²) in [4.78, 5) is 0. The second-order valence-corrected chi connectivity index (χ2v) is 7.18. The number of piperidine rings is 1. The zero-order chi connectivity index (χ0) is 12.9. The quantitative estimate of drug-likeness (QED) is 0.785. The first-order valence-corrected chi connectivity index (χ1v) is 8.42. The van der Waals surface area contributed by atoms with E-state index in [1.54, 1.807) is 4.31 Å². The number of hydrogen-bond donors (Lipinski definition) is 1. The third-order valence-corrected chi connectivity index (χ3v) is 4.96. The Kier molecular flexibility index (Phi) is 5.89. The van der Waals surface area contributed by atoms with Crippen molar-refractivity contribution in [2.24, 2.45) is 11.8 Å². The minimum atomic E-state index is -3.00. The lowest BCUT2D eigenvalue weighted by Gasteiger charge is -2.32. The van der Waals surface area contributed by atoms with Gasteiger partial charge in [-0.1, -0.05) is 13.3 Å². The zero-order valence-electron chi connectivity index (χ0n) is 11.3. The molecule has 102 valence electrons. The number of nitrogens with zero attached hydrogens (tertiary/aromatic N) is 1. The molecule has 1 N–H and O–H groups in total. The minimum Gasteiger partial charge on any atom is -0.319 e. The highest BCUT2D eigenvalue weighted by Gasteiger charge is 2.27. The predicted octanol–water partition coefficient (Wildman–Crippen LogP) is 1.29. The molecule has 0 aromatic heterocycles. The molecule has 0 radical (unpaired) electrons. The smallest absolute Gasteiger partial charge is 0.211 e. The molecule has 5 heteroatoms. The summed E-state index contributed by atoms with van der Waals surface area (Å²) in [6.07, 6.45) is 5.81. The Bertz CT molecular complexity index is 316. The Morgan fingerprint density at radius 3 is 2.71 bits per heavy atom. The van der Waals surface area contributed by atoms with Crippen LogP contribution in [0.2, 0.25) is 0 Å². The van der Waals surface area contributed by atoms with Crippen LogP contribution in [0.3, 0.4) is 0 Å². The van der Waals surface area contributed by atoms with E-state index in [1.165, 1.54) is 12.7 Å². The molecule has 2 unspecified atom stereocenters. The molecule has 1 saturated heterocycles. The van der Waals surface area contributed by atoms with Gasteiger partial charge in [0.15, 0.2) is 0 Å². The van der Waals surface area contributed by atoms with Crippen LogP contribution in [0.15, 0.2) is 0 Å². The van der Waals surface area contributed by atoms with Gasteiger partial charge in [0.1, 0.15) is 0 Å². The fourth-order valence-corrected chi connectivity index (χ4v) is 3.62. The molecule has 0 spiro atoms. The Hall–Kier alpha value is -0.130. The van der Waals surface area contributed by atoms with Gasteiger partial charge in [-0.15, -0.1) is 0 Å². The lowest BCUT2D eigenvalue weighted by atomic mass is 9.87.